The molecule has 1 N–H and O–H groups in total. The minimum Gasteiger partial charge on any atom is -0.320 e. The van der Waals surface area contributed by atoms with Crippen molar-refractivity contribution >= 4 is 41.1 Å². The Morgan fingerprint density at radius 3 is 2.91 bits per heavy atom. The molecule has 58 valence electrons. The fourth-order valence-electron chi connectivity index (χ4n) is 0.787. The molecule has 0 aliphatic carbocycles. The molecule has 0 saturated heterocycles. The van der Waals surface area contributed by atoms with E-state index in [1.807, 2.05) is 6.07 Å². The van der Waals surface area contributed by atoms with E-state index >= 15 is 0 Å². The lowest BCUT2D eigenvalue weighted by atomic mass is 10.1. The first-order chi connectivity index (χ1) is 5.15. The number of hydrogen-bond donors (Lipinski definition) is 2. The van der Waals surface area contributed by atoms with Crippen molar-refractivity contribution < 1.29 is 4.79 Å². The third-order valence-electron chi connectivity index (χ3n) is 1.31. The number of carbonyl (C=O) groups excluding carboxylic acids is 1. The average Bonchev–Trinajstić information content (AvgIpc) is 1.85. The molecule has 1 aliphatic rings. The SMILES string of the molecule is N#CC1=C(S)NC(=O)CC1I. The Bertz CT molecular complexity index is 268. The molecule has 1 heterocycles. The maximum Gasteiger partial charge on any atom is 0.226 e. The van der Waals surface area contributed by atoms with E-state index < -0.39 is 0 Å². The highest BCUT2D eigenvalue weighted by Crippen LogP contribution is 2.24. The molecular formula is C6H5IN2OS. The topological polar surface area (TPSA) is 52.9 Å². The monoisotopic (exact) mass is 280 g/mol. The molecule has 0 fully saturated rings. The summed E-state index contributed by atoms with van der Waals surface area (Å²) in [7, 11) is 0. The predicted molar refractivity (Wildman–Crippen MR) is 52.2 cm³/mol. The molecule has 11 heavy (non-hydrogen) atoms. The van der Waals surface area contributed by atoms with Crippen LogP contribution >= 0.6 is 35.2 Å². The molecule has 3 nitrogen and oxygen atoms in total. The Hall–Kier alpha value is -0.220. The Kier molecular flexibility index (Phi) is 2.78. The summed E-state index contributed by atoms with van der Waals surface area (Å²) in [5, 5.41) is 11.5. The second-order valence-electron chi connectivity index (χ2n) is 2.09. The third kappa shape index (κ3) is 1.87. The summed E-state index contributed by atoms with van der Waals surface area (Å²) in [6.07, 6.45) is 0.369. The molecule has 0 saturated carbocycles. The van der Waals surface area contributed by atoms with Crippen molar-refractivity contribution in [3.63, 3.8) is 0 Å². The number of thiol groups is 1. The van der Waals surface area contributed by atoms with Gasteiger partial charge in [0.2, 0.25) is 5.91 Å². The van der Waals surface area contributed by atoms with Gasteiger partial charge >= 0.3 is 0 Å². The van der Waals surface area contributed by atoms with Crippen LogP contribution in [-0.2, 0) is 4.79 Å². The minimum absolute atomic E-state index is 0.0288. The first-order valence-electron chi connectivity index (χ1n) is 2.92. The molecule has 0 aromatic carbocycles. The Morgan fingerprint density at radius 1 is 1.82 bits per heavy atom. The first kappa shape index (κ1) is 8.87. The van der Waals surface area contributed by atoms with Crippen LogP contribution in [0.15, 0.2) is 10.6 Å². The molecule has 1 unspecified atom stereocenters. The van der Waals surface area contributed by atoms with Crippen molar-refractivity contribution in [1.29, 1.82) is 5.26 Å². The number of amides is 1. The van der Waals surface area contributed by atoms with Gasteiger partial charge in [0, 0.05) is 6.42 Å². The molecule has 0 bridgehead atoms. The van der Waals surface area contributed by atoms with Crippen molar-refractivity contribution in [2.45, 2.75) is 10.3 Å². The highest BCUT2D eigenvalue weighted by Gasteiger charge is 2.23. The first-order valence-corrected chi connectivity index (χ1v) is 4.61. The standard InChI is InChI=1S/C6H5IN2OS/c7-4-1-5(10)9-6(11)3(4)2-8/h4,11H,1H2,(H,9,10). The van der Waals surface area contributed by atoms with E-state index in [9.17, 15) is 4.79 Å². The Labute approximate surface area is 83.4 Å². The van der Waals surface area contributed by atoms with Crippen molar-refractivity contribution in [1.82, 2.24) is 5.32 Å². The fourth-order valence-corrected chi connectivity index (χ4v) is 2.21. The number of nitriles is 1. The van der Waals surface area contributed by atoms with Gasteiger partial charge in [0.05, 0.1) is 20.6 Å². The number of hydrogen-bond acceptors (Lipinski definition) is 3. The van der Waals surface area contributed by atoms with Gasteiger partial charge < -0.3 is 5.32 Å². The smallest absolute Gasteiger partial charge is 0.226 e. The third-order valence-corrected chi connectivity index (χ3v) is 2.73. The molecule has 5 heteroatoms. The van der Waals surface area contributed by atoms with Crippen LogP contribution in [0.2, 0.25) is 0 Å². The zero-order valence-corrected chi connectivity index (χ0v) is 8.52. The van der Waals surface area contributed by atoms with E-state index in [2.05, 4.69) is 40.5 Å². The van der Waals surface area contributed by atoms with Crippen LogP contribution in [-0.4, -0.2) is 9.83 Å². The van der Waals surface area contributed by atoms with E-state index in [0.717, 1.165) is 0 Å². The number of nitrogens with zero attached hydrogens (tertiary/aromatic N) is 1. The number of halogens is 1. The predicted octanol–water partition coefficient (Wildman–Crippen LogP) is 0.975. The summed E-state index contributed by atoms with van der Waals surface area (Å²) in [4.78, 5) is 10.8. The maximum absolute atomic E-state index is 10.8. The zero-order valence-electron chi connectivity index (χ0n) is 5.47. The van der Waals surface area contributed by atoms with E-state index in [4.69, 9.17) is 5.26 Å². The van der Waals surface area contributed by atoms with E-state index in [1.165, 1.54) is 0 Å². The lowest BCUT2D eigenvalue weighted by Gasteiger charge is -2.17. The van der Waals surface area contributed by atoms with Crippen molar-refractivity contribution in [2.75, 3.05) is 0 Å². The van der Waals surface area contributed by atoms with Gasteiger partial charge in [0.1, 0.15) is 0 Å². The number of rotatable bonds is 0. The quantitative estimate of drug-likeness (QED) is 0.395. The Morgan fingerprint density at radius 2 is 2.45 bits per heavy atom. The van der Waals surface area contributed by atoms with Gasteiger partial charge in [-0.3, -0.25) is 4.79 Å². The summed E-state index contributed by atoms with van der Waals surface area (Å²) >= 11 is 6.03. The fraction of sp³-hybridized carbons (Fsp3) is 0.333. The molecule has 0 aromatic heterocycles. The number of nitrogens with one attached hydrogen (secondary N) is 1. The van der Waals surface area contributed by atoms with Crippen LogP contribution in [0, 0.1) is 11.3 Å². The molecule has 1 rings (SSSR count). The van der Waals surface area contributed by atoms with Gasteiger partial charge in [-0.1, -0.05) is 22.6 Å². The van der Waals surface area contributed by atoms with Gasteiger partial charge in [-0.2, -0.15) is 5.26 Å². The molecule has 0 aromatic rings. The van der Waals surface area contributed by atoms with Gasteiger partial charge in [-0.05, 0) is 0 Å². The Balaban J connectivity index is 2.97. The van der Waals surface area contributed by atoms with E-state index in [0.29, 0.717) is 17.0 Å². The van der Waals surface area contributed by atoms with Crippen molar-refractivity contribution in [3.05, 3.63) is 10.6 Å². The maximum atomic E-state index is 10.8. The largest absolute Gasteiger partial charge is 0.320 e. The van der Waals surface area contributed by atoms with Crippen LogP contribution in [0.1, 0.15) is 6.42 Å². The van der Waals surface area contributed by atoms with Crippen molar-refractivity contribution in [2.24, 2.45) is 0 Å². The molecule has 1 atom stereocenters. The normalized spacial score (nSPS) is 24.5. The van der Waals surface area contributed by atoms with Crippen molar-refractivity contribution in [3.8, 4) is 6.07 Å². The van der Waals surface area contributed by atoms with E-state index in [-0.39, 0.29) is 9.83 Å². The zero-order chi connectivity index (χ0) is 8.43. The van der Waals surface area contributed by atoms with E-state index in [1.54, 1.807) is 0 Å². The van der Waals surface area contributed by atoms with Crippen LogP contribution in [0.3, 0.4) is 0 Å². The summed E-state index contributed by atoms with van der Waals surface area (Å²) < 4.78 is -0.0288. The second kappa shape index (κ2) is 3.45. The number of allylic oxidation sites excluding steroid dienone is 1. The lowest BCUT2D eigenvalue weighted by Crippen LogP contribution is -2.30. The van der Waals surface area contributed by atoms with Gasteiger partial charge in [0.15, 0.2) is 0 Å². The number of carbonyl (C=O) groups is 1. The van der Waals surface area contributed by atoms with Crippen LogP contribution in [0.5, 0.6) is 0 Å². The molecular weight excluding hydrogens is 275 g/mol. The molecule has 1 aliphatic heterocycles. The molecule has 0 radical (unpaired) electrons. The summed E-state index contributed by atoms with van der Waals surface area (Å²) in [6.45, 7) is 0. The molecule has 1 amide bonds. The van der Waals surface area contributed by atoms with Gasteiger partial charge in [-0.25, -0.2) is 0 Å². The second-order valence-corrected chi connectivity index (χ2v) is 4.04. The summed E-state index contributed by atoms with van der Waals surface area (Å²) in [5.41, 5.74) is 0.550. The summed E-state index contributed by atoms with van der Waals surface area (Å²) in [6, 6.07) is 2.00. The lowest BCUT2D eigenvalue weighted by molar-refractivity contribution is -0.120. The average molecular weight is 280 g/mol. The van der Waals surface area contributed by atoms with Crippen LogP contribution in [0.25, 0.3) is 0 Å². The van der Waals surface area contributed by atoms with Gasteiger partial charge in [0.25, 0.3) is 0 Å². The van der Waals surface area contributed by atoms with Crippen LogP contribution in [0.4, 0.5) is 0 Å². The summed E-state index contributed by atoms with van der Waals surface area (Å²) in [5.74, 6) is -0.0756. The molecule has 0 spiro atoms. The van der Waals surface area contributed by atoms with Gasteiger partial charge in [-0.15, -0.1) is 12.6 Å². The van der Waals surface area contributed by atoms with Crippen LogP contribution < -0.4 is 5.32 Å². The highest BCUT2D eigenvalue weighted by molar-refractivity contribution is 14.1. The highest BCUT2D eigenvalue weighted by atomic mass is 127. The minimum atomic E-state index is -0.0756. The number of alkyl halides is 1.